The SMILES string of the molecule is Cc1cc([C@@H]2[C@H](c3ccccn3)NC(=S)N2Cc2ccccn2)c(C)n1-c1ccccc1Cl. The fourth-order valence-corrected chi connectivity index (χ4v) is 5.20. The zero-order chi connectivity index (χ0) is 22.9. The van der Waals surface area contributed by atoms with Crippen molar-refractivity contribution in [1.29, 1.82) is 0 Å². The molecule has 0 saturated carbocycles. The Bertz CT molecular complexity index is 1290. The molecule has 5 rings (SSSR count). The summed E-state index contributed by atoms with van der Waals surface area (Å²) in [5.41, 5.74) is 6.32. The van der Waals surface area contributed by atoms with Crippen molar-refractivity contribution in [1.82, 2.24) is 24.8 Å². The van der Waals surface area contributed by atoms with Gasteiger partial charge in [-0.2, -0.15) is 0 Å². The highest BCUT2D eigenvalue weighted by Crippen LogP contribution is 2.42. The Morgan fingerprint density at radius 2 is 1.70 bits per heavy atom. The minimum absolute atomic E-state index is 0.0446. The second-order valence-corrected chi connectivity index (χ2v) is 8.98. The molecule has 0 radical (unpaired) electrons. The maximum Gasteiger partial charge on any atom is 0.170 e. The largest absolute Gasteiger partial charge is 0.352 e. The minimum Gasteiger partial charge on any atom is -0.352 e. The van der Waals surface area contributed by atoms with Crippen molar-refractivity contribution in [3.63, 3.8) is 0 Å². The lowest BCUT2D eigenvalue weighted by Gasteiger charge is -2.28. The molecule has 4 aromatic rings. The van der Waals surface area contributed by atoms with E-state index in [1.54, 1.807) is 0 Å². The highest BCUT2D eigenvalue weighted by molar-refractivity contribution is 7.80. The zero-order valence-corrected chi connectivity index (χ0v) is 20.0. The summed E-state index contributed by atoms with van der Waals surface area (Å²) < 4.78 is 2.22. The average molecular weight is 474 g/mol. The van der Waals surface area contributed by atoms with Crippen LogP contribution in [0.5, 0.6) is 0 Å². The number of aryl methyl sites for hydroxylation is 1. The first-order valence-electron chi connectivity index (χ1n) is 10.9. The molecule has 5 nitrogen and oxygen atoms in total. The summed E-state index contributed by atoms with van der Waals surface area (Å²) in [5, 5.41) is 4.95. The van der Waals surface area contributed by atoms with Gasteiger partial charge in [-0.25, -0.2) is 0 Å². The van der Waals surface area contributed by atoms with E-state index in [1.165, 1.54) is 5.56 Å². The third kappa shape index (κ3) is 4.01. The van der Waals surface area contributed by atoms with Crippen LogP contribution in [0, 0.1) is 13.8 Å². The highest BCUT2D eigenvalue weighted by atomic mass is 35.5. The predicted molar refractivity (Wildman–Crippen MR) is 135 cm³/mol. The standard InChI is InChI=1S/C26H24ClN5S/c1-17-15-20(18(2)32(17)23-12-4-3-10-21(23)27)25-24(22-11-6-8-14-29-22)30-26(33)31(25)16-19-9-5-7-13-28-19/h3-15,24-25H,16H2,1-2H3,(H,30,33)/t24-,25+/m0/s1. The van der Waals surface area contributed by atoms with E-state index in [9.17, 15) is 0 Å². The summed E-state index contributed by atoms with van der Waals surface area (Å²) in [5.74, 6) is 0. The Morgan fingerprint density at radius 3 is 2.39 bits per heavy atom. The number of rotatable bonds is 5. The summed E-state index contributed by atoms with van der Waals surface area (Å²) >= 11 is 12.4. The number of aromatic nitrogens is 3. The number of nitrogens with zero attached hydrogens (tertiary/aromatic N) is 4. The highest BCUT2D eigenvalue weighted by Gasteiger charge is 2.41. The molecule has 33 heavy (non-hydrogen) atoms. The lowest BCUT2D eigenvalue weighted by atomic mass is 9.96. The summed E-state index contributed by atoms with van der Waals surface area (Å²) in [6.45, 7) is 4.86. The second kappa shape index (κ2) is 8.96. The molecule has 1 fully saturated rings. The molecule has 1 aliphatic rings. The lowest BCUT2D eigenvalue weighted by Crippen LogP contribution is -2.29. The van der Waals surface area contributed by atoms with Gasteiger partial charge in [-0.15, -0.1) is 0 Å². The van der Waals surface area contributed by atoms with Gasteiger partial charge in [0.05, 0.1) is 40.7 Å². The monoisotopic (exact) mass is 473 g/mol. The normalized spacial score (nSPS) is 17.9. The van der Waals surface area contributed by atoms with E-state index < -0.39 is 0 Å². The molecule has 0 spiro atoms. The quantitative estimate of drug-likeness (QED) is 0.376. The van der Waals surface area contributed by atoms with E-state index in [1.807, 2.05) is 73.1 Å². The van der Waals surface area contributed by atoms with Gasteiger partial charge in [0.25, 0.3) is 0 Å². The van der Waals surface area contributed by atoms with E-state index in [-0.39, 0.29) is 12.1 Å². The molecule has 166 valence electrons. The minimum atomic E-state index is -0.0809. The maximum absolute atomic E-state index is 6.57. The number of thiocarbonyl (C=S) groups is 1. The van der Waals surface area contributed by atoms with Gasteiger partial charge in [-0.05, 0) is 74.1 Å². The number of hydrogen-bond acceptors (Lipinski definition) is 3. The van der Waals surface area contributed by atoms with Crippen molar-refractivity contribution in [2.45, 2.75) is 32.5 Å². The Hall–Kier alpha value is -3.22. The smallest absolute Gasteiger partial charge is 0.170 e. The van der Waals surface area contributed by atoms with Crippen molar-refractivity contribution in [2.24, 2.45) is 0 Å². The van der Waals surface area contributed by atoms with E-state index in [2.05, 4.69) is 44.7 Å². The van der Waals surface area contributed by atoms with Crippen LogP contribution in [0.2, 0.25) is 5.02 Å². The van der Waals surface area contributed by atoms with Gasteiger partial charge < -0.3 is 14.8 Å². The predicted octanol–water partition coefficient (Wildman–Crippen LogP) is 5.71. The number of pyridine rings is 2. The van der Waals surface area contributed by atoms with E-state index in [0.717, 1.165) is 33.5 Å². The van der Waals surface area contributed by atoms with Crippen molar-refractivity contribution in [3.05, 3.63) is 112 Å². The van der Waals surface area contributed by atoms with Crippen LogP contribution in [-0.4, -0.2) is 24.5 Å². The molecular formula is C26H24ClN5S. The Balaban J connectivity index is 1.63. The van der Waals surface area contributed by atoms with E-state index >= 15 is 0 Å². The van der Waals surface area contributed by atoms with Gasteiger partial charge >= 0.3 is 0 Å². The molecule has 0 bridgehead atoms. The lowest BCUT2D eigenvalue weighted by molar-refractivity contribution is 0.307. The second-order valence-electron chi connectivity index (χ2n) is 8.19. The molecule has 3 aromatic heterocycles. The zero-order valence-electron chi connectivity index (χ0n) is 18.4. The third-order valence-corrected chi connectivity index (χ3v) is 6.81. The Kier molecular flexibility index (Phi) is 5.87. The van der Waals surface area contributed by atoms with Crippen molar-refractivity contribution >= 4 is 28.9 Å². The van der Waals surface area contributed by atoms with Crippen LogP contribution in [0.3, 0.4) is 0 Å². The molecule has 1 aromatic carbocycles. The molecule has 0 amide bonds. The van der Waals surface area contributed by atoms with E-state index in [4.69, 9.17) is 23.8 Å². The van der Waals surface area contributed by atoms with Crippen LogP contribution < -0.4 is 5.32 Å². The molecule has 4 heterocycles. The molecule has 7 heteroatoms. The van der Waals surface area contributed by atoms with Gasteiger partial charge in [0.1, 0.15) is 0 Å². The summed E-state index contributed by atoms with van der Waals surface area (Å²) in [6.07, 6.45) is 3.64. The fraction of sp³-hybridized carbons (Fsp3) is 0.192. The summed E-state index contributed by atoms with van der Waals surface area (Å²) in [4.78, 5) is 11.4. The average Bonchev–Trinajstić information content (AvgIpc) is 3.30. The molecule has 1 aliphatic heterocycles. The van der Waals surface area contributed by atoms with Crippen molar-refractivity contribution < 1.29 is 0 Å². The van der Waals surface area contributed by atoms with Crippen molar-refractivity contribution in [2.75, 3.05) is 0 Å². The molecular weight excluding hydrogens is 450 g/mol. The Labute approximate surface area is 204 Å². The number of para-hydroxylation sites is 1. The van der Waals surface area contributed by atoms with Crippen LogP contribution in [0.4, 0.5) is 0 Å². The van der Waals surface area contributed by atoms with Gasteiger partial charge in [0.15, 0.2) is 5.11 Å². The number of hydrogen-bond donors (Lipinski definition) is 1. The fourth-order valence-electron chi connectivity index (χ4n) is 4.67. The maximum atomic E-state index is 6.57. The van der Waals surface area contributed by atoms with Crippen LogP contribution in [-0.2, 0) is 6.54 Å². The Morgan fingerprint density at radius 1 is 0.970 bits per heavy atom. The van der Waals surface area contributed by atoms with Crippen LogP contribution in [0.25, 0.3) is 5.69 Å². The first-order chi connectivity index (χ1) is 16.0. The van der Waals surface area contributed by atoms with Crippen LogP contribution in [0.1, 0.15) is 40.4 Å². The number of benzene rings is 1. The van der Waals surface area contributed by atoms with Gasteiger partial charge in [0.2, 0.25) is 0 Å². The number of halogens is 1. The first-order valence-corrected chi connectivity index (χ1v) is 11.6. The van der Waals surface area contributed by atoms with Crippen molar-refractivity contribution in [3.8, 4) is 5.69 Å². The molecule has 1 N–H and O–H groups in total. The molecule has 2 atom stereocenters. The van der Waals surface area contributed by atoms with Gasteiger partial charge in [0, 0.05) is 23.8 Å². The topological polar surface area (TPSA) is 46.0 Å². The van der Waals surface area contributed by atoms with E-state index in [0.29, 0.717) is 11.7 Å². The van der Waals surface area contributed by atoms with Gasteiger partial charge in [-0.1, -0.05) is 35.9 Å². The van der Waals surface area contributed by atoms with Crippen LogP contribution in [0.15, 0.2) is 79.1 Å². The molecule has 0 aliphatic carbocycles. The van der Waals surface area contributed by atoms with Gasteiger partial charge in [-0.3, -0.25) is 9.97 Å². The number of nitrogens with one attached hydrogen (secondary N) is 1. The van der Waals surface area contributed by atoms with Crippen LogP contribution >= 0.6 is 23.8 Å². The summed E-state index contributed by atoms with van der Waals surface area (Å²) in [7, 11) is 0. The third-order valence-electron chi connectivity index (χ3n) is 6.14. The summed E-state index contributed by atoms with van der Waals surface area (Å²) in [6, 6.07) is 22.0. The first kappa shape index (κ1) is 21.6. The molecule has 0 unspecified atom stereocenters. The molecule has 1 saturated heterocycles.